The van der Waals surface area contributed by atoms with Gasteiger partial charge in [0.25, 0.3) is 0 Å². The quantitative estimate of drug-likeness (QED) is 0.821. The van der Waals surface area contributed by atoms with Crippen LogP contribution in [0.3, 0.4) is 0 Å². The molecule has 1 saturated carbocycles. The predicted molar refractivity (Wildman–Crippen MR) is 91.8 cm³/mol. The number of carbonyl (C=O) groups excluding carboxylic acids is 1. The first-order chi connectivity index (χ1) is 12.1. The average molecular weight is 337 g/mol. The Bertz CT molecular complexity index is 828. The topological polar surface area (TPSA) is 84.2 Å². The fourth-order valence-corrected chi connectivity index (χ4v) is 4.07. The van der Waals surface area contributed by atoms with Crippen LogP contribution in [-0.4, -0.2) is 26.8 Å². The number of fused-ring (bicyclic) bond motifs is 2. The molecule has 1 fully saturated rings. The van der Waals surface area contributed by atoms with Crippen molar-refractivity contribution < 1.29 is 14.7 Å². The number of carboxylic acids is 1. The summed E-state index contributed by atoms with van der Waals surface area (Å²) in [6.07, 6.45) is 8.29. The number of aliphatic carboxylic acids is 1. The molecule has 6 nitrogen and oxygen atoms in total. The maximum Gasteiger partial charge on any atom is 0.307 e. The van der Waals surface area contributed by atoms with Gasteiger partial charge in [-0.2, -0.15) is 5.10 Å². The summed E-state index contributed by atoms with van der Waals surface area (Å²) in [5.74, 6) is -2.21. The smallest absolute Gasteiger partial charge is 0.307 e. The highest BCUT2D eigenvalue weighted by molar-refractivity contribution is 5.96. The summed E-state index contributed by atoms with van der Waals surface area (Å²) in [5.41, 5.74) is 1.70. The van der Waals surface area contributed by atoms with Crippen LogP contribution in [0.15, 0.2) is 54.9 Å². The minimum atomic E-state index is -0.885. The third kappa shape index (κ3) is 2.95. The molecule has 2 aliphatic carbocycles. The number of amides is 1. The lowest BCUT2D eigenvalue weighted by molar-refractivity contribution is -0.146. The molecule has 0 unspecified atom stereocenters. The summed E-state index contributed by atoms with van der Waals surface area (Å²) in [5, 5.41) is 16.6. The van der Waals surface area contributed by atoms with Crippen molar-refractivity contribution in [1.29, 1.82) is 0 Å². The van der Waals surface area contributed by atoms with Crippen molar-refractivity contribution in [2.75, 3.05) is 5.32 Å². The van der Waals surface area contributed by atoms with Crippen LogP contribution in [0.2, 0.25) is 0 Å². The van der Waals surface area contributed by atoms with Gasteiger partial charge in [-0.15, -0.1) is 0 Å². The van der Waals surface area contributed by atoms with Gasteiger partial charge in [-0.05, 0) is 42.0 Å². The zero-order chi connectivity index (χ0) is 17.4. The lowest BCUT2D eigenvalue weighted by Gasteiger charge is -2.24. The second kappa shape index (κ2) is 6.20. The number of hydrogen-bond acceptors (Lipinski definition) is 3. The number of benzene rings is 1. The minimum Gasteiger partial charge on any atom is -0.481 e. The van der Waals surface area contributed by atoms with E-state index in [1.165, 1.54) is 0 Å². The third-order valence-electron chi connectivity index (χ3n) is 5.15. The van der Waals surface area contributed by atoms with Gasteiger partial charge in [0.15, 0.2) is 0 Å². The van der Waals surface area contributed by atoms with Crippen molar-refractivity contribution in [3.8, 4) is 0 Å². The van der Waals surface area contributed by atoms with Crippen molar-refractivity contribution in [2.24, 2.45) is 23.7 Å². The zero-order valence-corrected chi connectivity index (χ0v) is 13.6. The molecule has 1 aromatic heterocycles. The number of anilines is 1. The molecule has 6 heteroatoms. The summed E-state index contributed by atoms with van der Waals surface area (Å²) in [4.78, 5) is 24.3. The van der Waals surface area contributed by atoms with Gasteiger partial charge in [0.2, 0.25) is 5.91 Å². The Morgan fingerprint density at radius 3 is 2.72 bits per heavy atom. The van der Waals surface area contributed by atoms with E-state index in [1.54, 1.807) is 6.20 Å². The highest BCUT2D eigenvalue weighted by Crippen LogP contribution is 2.48. The van der Waals surface area contributed by atoms with Gasteiger partial charge in [0.1, 0.15) is 0 Å². The van der Waals surface area contributed by atoms with E-state index in [9.17, 15) is 14.7 Å². The maximum absolute atomic E-state index is 12.7. The van der Waals surface area contributed by atoms with Gasteiger partial charge in [-0.3, -0.25) is 14.3 Å². The van der Waals surface area contributed by atoms with Crippen molar-refractivity contribution in [3.05, 3.63) is 60.4 Å². The number of hydrogen-bond donors (Lipinski definition) is 2. The van der Waals surface area contributed by atoms with Crippen LogP contribution < -0.4 is 5.32 Å². The van der Waals surface area contributed by atoms with Crippen LogP contribution in [0.4, 0.5) is 5.69 Å². The number of nitrogens with zero attached hydrogens (tertiary/aromatic N) is 2. The lowest BCUT2D eigenvalue weighted by atomic mass is 9.82. The van der Waals surface area contributed by atoms with E-state index in [4.69, 9.17) is 0 Å². The van der Waals surface area contributed by atoms with Gasteiger partial charge in [-0.1, -0.05) is 24.3 Å². The number of carbonyl (C=O) groups is 2. The summed E-state index contributed by atoms with van der Waals surface area (Å²) < 4.78 is 1.81. The molecule has 1 amide bonds. The maximum atomic E-state index is 12.7. The van der Waals surface area contributed by atoms with E-state index >= 15 is 0 Å². The molecule has 0 spiro atoms. The van der Waals surface area contributed by atoms with Gasteiger partial charge >= 0.3 is 5.97 Å². The second-order valence-corrected chi connectivity index (χ2v) is 6.73. The SMILES string of the molecule is O=C(O)[C@@H]1[C@H](C(=O)Nc2cccc(Cn3cccn3)c2)[C@H]2C=C[C@H]1C2. The number of rotatable bonds is 5. The van der Waals surface area contributed by atoms with Gasteiger partial charge < -0.3 is 10.4 Å². The third-order valence-corrected chi connectivity index (χ3v) is 5.15. The molecule has 0 saturated heterocycles. The number of nitrogens with one attached hydrogen (secondary N) is 1. The first-order valence-electron chi connectivity index (χ1n) is 8.40. The van der Waals surface area contributed by atoms with E-state index in [0.717, 1.165) is 12.0 Å². The second-order valence-electron chi connectivity index (χ2n) is 6.73. The average Bonchev–Trinajstić information content (AvgIpc) is 3.31. The van der Waals surface area contributed by atoms with Crippen LogP contribution in [-0.2, 0) is 16.1 Å². The molecule has 1 aromatic carbocycles. The molecule has 2 N–H and O–H groups in total. The Morgan fingerprint density at radius 2 is 2.00 bits per heavy atom. The van der Waals surface area contributed by atoms with Crippen LogP contribution >= 0.6 is 0 Å². The predicted octanol–water partition coefficient (Wildman–Crippen LogP) is 2.39. The number of carboxylic acid groups (broad SMARTS) is 1. The summed E-state index contributed by atoms with van der Waals surface area (Å²) >= 11 is 0. The van der Waals surface area contributed by atoms with Crippen LogP contribution in [0.1, 0.15) is 12.0 Å². The minimum absolute atomic E-state index is 0.0237. The first kappa shape index (κ1) is 15.6. The summed E-state index contributed by atoms with van der Waals surface area (Å²) in [6.45, 7) is 0.616. The molecular weight excluding hydrogens is 318 g/mol. The molecule has 2 aromatic rings. The molecule has 4 atom stereocenters. The van der Waals surface area contributed by atoms with E-state index in [-0.39, 0.29) is 17.7 Å². The highest BCUT2D eigenvalue weighted by atomic mass is 16.4. The Labute approximate surface area is 145 Å². The zero-order valence-electron chi connectivity index (χ0n) is 13.6. The van der Waals surface area contributed by atoms with Crippen molar-refractivity contribution >= 4 is 17.6 Å². The Kier molecular flexibility index (Phi) is 3.87. The van der Waals surface area contributed by atoms with E-state index in [0.29, 0.717) is 12.2 Å². The normalized spacial score (nSPS) is 26.7. The van der Waals surface area contributed by atoms with E-state index in [2.05, 4.69) is 10.4 Å². The molecule has 2 aliphatic rings. The van der Waals surface area contributed by atoms with Gasteiger partial charge in [0, 0.05) is 18.1 Å². The van der Waals surface area contributed by atoms with Crippen LogP contribution in [0.25, 0.3) is 0 Å². The van der Waals surface area contributed by atoms with Crippen molar-refractivity contribution in [3.63, 3.8) is 0 Å². The molecule has 128 valence electrons. The molecular formula is C19H19N3O3. The molecule has 0 radical (unpaired) electrons. The molecule has 1 heterocycles. The summed E-state index contributed by atoms with van der Waals surface area (Å²) in [6, 6.07) is 9.43. The van der Waals surface area contributed by atoms with Gasteiger partial charge in [-0.25, -0.2) is 0 Å². The standard InChI is InChI=1S/C19H19N3O3/c23-18(16-13-5-6-14(10-13)17(16)19(24)25)21-15-4-1-3-12(9-15)11-22-8-2-7-20-22/h1-9,13-14,16-17H,10-11H2,(H,21,23)(H,24,25)/t13-,14-,16+,17-/m0/s1. The molecule has 2 bridgehead atoms. The van der Waals surface area contributed by atoms with Crippen molar-refractivity contribution in [1.82, 2.24) is 9.78 Å². The van der Waals surface area contributed by atoms with Crippen molar-refractivity contribution in [2.45, 2.75) is 13.0 Å². The number of allylic oxidation sites excluding steroid dienone is 2. The fourth-order valence-electron chi connectivity index (χ4n) is 4.07. The molecule has 25 heavy (non-hydrogen) atoms. The van der Waals surface area contributed by atoms with Gasteiger partial charge in [0.05, 0.1) is 18.4 Å². The first-order valence-corrected chi connectivity index (χ1v) is 8.40. The monoisotopic (exact) mass is 337 g/mol. The molecule has 4 rings (SSSR count). The Balaban J connectivity index is 1.49. The molecule has 0 aliphatic heterocycles. The Hall–Kier alpha value is -2.89. The van der Waals surface area contributed by atoms with E-state index in [1.807, 2.05) is 53.4 Å². The largest absolute Gasteiger partial charge is 0.481 e. The number of aromatic nitrogens is 2. The van der Waals surface area contributed by atoms with Crippen LogP contribution in [0, 0.1) is 23.7 Å². The van der Waals surface area contributed by atoms with E-state index < -0.39 is 17.8 Å². The fraction of sp³-hybridized carbons (Fsp3) is 0.316. The Morgan fingerprint density at radius 1 is 1.20 bits per heavy atom. The van der Waals surface area contributed by atoms with Crippen LogP contribution in [0.5, 0.6) is 0 Å². The lowest BCUT2D eigenvalue weighted by Crippen LogP contribution is -2.36. The summed E-state index contributed by atoms with van der Waals surface area (Å²) in [7, 11) is 0. The highest BCUT2D eigenvalue weighted by Gasteiger charge is 2.51.